The first-order valence-electron chi connectivity index (χ1n) is 9.52. The summed E-state index contributed by atoms with van der Waals surface area (Å²) >= 11 is 1.16. The predicted molar refractivity (Wildman–Crippen MR) is 114 cm³/mol. The van der Waals surface area contributed by atoms with Crippen LogP contribution >= 0.6 is 11.3 Å². The van der Waals surface area contributed by atoms with Gasteiger partial charge in [-0.15, -0.1) is 13.2 Å². The summed E-state index contributed by atoms with van der Waals surface area (Å²) in [6.45, 7) is 0.368. The number of thiazole rings is 1. The van der Waals surface area contributed by atoms with Gasteiger partial charge in [-0.1, -0.05) is 11.3 Å². The van der Waals surface area contributed by atoms with E-state index in [9.17, 15) is 18.0 Å². The molecule has 0 aliphatic carbocycles. The molecule has 0 bridgehead atoms. The Balaban J connectivity index is 1.56. The molecule has 8 nitrogen and oxygen atoms in total. The van der Waals surface area contributed by atoms with Crippen molar-refractivity contribution in [2.24, 2.45) is 7.05 Å². The number of aryl methyl sites for hydroxylation is 1. The van der Waals surface area contributed by atoms with Gasteiger partial charge in [-0.2, -0.15) is 0 Å². The average Bonchev–Trinajstić information content (AvgIpc) is 3.26. The first-order valence-corrected chi connectivity index (χ1v) is 10.3. The molecule has 0 fully saturated rings. The van der Waals surface area contributed by atoms with E-state index in [1.54, 1.807) is 29.8 Å². The predicted octanol–water partition coefficient (Wildman–Crippen LogP) is 3.94. The molecule has 0 atom stereocenters. The van der Waals surface area contributed by atoms with Crippen LogP contribution in [0.25, 0.3) is 21.3 Å². The van der Waals surface area contributed by atoms with Crippen LogP contribution in [-0.4, -0.2) is 45.1 Å². The summed E-state index contributed by atoms with van der Waals surface area (Å²) in [5.74, 6) is -0.111. The molecular formula is C20H18F3N5O3S. The highest BCUT2D eigenvalue weighted by molar-refractivity contribution is 7.22. The Hall–Kier alpha value is -3.38. The molecule has 0 unspecified atom stereocenters. The van der Waals surface area contributed by atoms with Crippen molar-refractivity contribution in [3.63, 3.8) is 0 Å². The highest BCUT2D eigenvalue weighted by Gasteiger charge is 2.31. The maximum atomic E-state index is 12.4. The number of carbonyl (C=O) groups is 1. The summed E-state index contributed by atoms with van der Waals surface area (Å²) in [6.07, 6.45) is -4.29. The third-order valence-corrected chi connectivity index (χ3v) is 5.51. The summed E-state index contributed by atoms with van der Waals surface area (Å²) in [5, 5.41) is 15.1. The number of ether oxygens (including phenoxy) is 1. The highest BCUT2D eigenvalue weighted by Crippen LogP contribution is 2.33. The summed E-state index contributed by atoms with van der Waals surface area (Å²) in [7, 11) is 1.79. The van der Waals surface area contributed by atoms with E-state index >= 15 is 0 Å². The molecule has 0 aliphatic heterocycles. The number of nitrogens with zero attached hydrogens (tertiary/aromatic N) is 3. The second-order valence-corrected chi connectivity index (χ2v) is 7.88. The van der Waals surface area contributed by atoms with Gasteiger partial charge < -0.3 is 25.0 Å². The summed E-state index contributed by atoms with van der Waals surface area (Å²) in [6, 6.07) is 9.06. The molecule has 0 spiro atoms. The van der Waals surface area contributed by atoms with Crippen LogP contribution in [0.5, 0.6) is 5.75 Å². The van der Waals surface area contributed by atoms with Gasteiger partial charge in [0.2, 0.25) is 5.95 Å². The van der Waals surface area contributed by atoms with Gasteiger partial charge in [0.1, 0.15) is 5.75 Å². The Morgan fingerprint density at radius 1 is 1.19 bits per heavy atom. The number of hydrogen-bond acceptors (Lipinski definition) is 7. The molecule has 2 aromatic carbocycles. The lowest BCUT2D eigenvalue weighted by Gasteiger charge is -2.07. The third-order valence-electron chi connectivity index (χ3n) is 4.58. The van der Waals surface area contributed by atoms with Crippen LogP contribution in [0.15, 0.2) is 36.4 Å². The zero-order chi connectivity index (χ0) is 22.9. The van der Waals surface area contributed by atoms with Gasteiger partial charge in [0.25, 0.3) is 5.91 Å². The molecule has 168 valence electrons. The van der Waals surface area contributed by atoms with Crippen molar-refractivity contribution in [1.29, 1.82) is 0 Å². The quantitative estimate of drug-likeness (QED) is 0.358. The molecular weight excluding hydrogens is 447 g/mol. The topological polar surface area (TPSA) is 101 Å². The molecule has 4 rings (SSSR count). The van der Waals surface area contributed by atoms with Crippen LogP contribution in [0, 0.1) is 0 Å². The maximum Gasteiger partial charge on any atom is 0.573 e. The van der Waals surface area contributed by atoms with Gasteiger partial charge >= 0.3 is 6.36 Å². The van der Waals surface area contributed by atoms with Gasteiger partial charge in [0.15, 0.2) is 5.13 Å². The van der Waals surface area contributed by atoms with Gasteiger partial charge in [0, 0.05) is 31.8 Å². The number of rotatable bonds is 7. The van der Waals surface area contributed by atoms with Crippen molar-refractivity contribution in [1.82, 2.24) is 19.9 Å². The Morgan fingerprint density at radius 3 is 2.75 bits per heavy atom. The minimum Gasteiger partial charge on any atom is -0.406 e. The minimum atomic E-state index is -4.76. The van der Waals surface area contributed by atoms with E-state index in [0.717, 1.165) is 16.9 Å². The molecule has 0 radical (unpaired) electrons. The number of carbonyl (C=O) groups excluding carboxylic acids is 1. The SMILES string of the molecule is Cn1c(Nc2nc3ccc(OC(F)(F)F)cc3s2)nc2cc(C(=O)NCCCO)ccc21. The van der Waals surface area contributed by atoms with E-state index < -0.39 is 6.36 Å². The fourth-order valence-electron chi connectivity index (χ4n) is 3.09. The van der Waals surface area contributed by atoms with Crippen LogP contribution in [0.4, 0.5) is 24.3 Å². The molecule has 3 N–H and O–H groups in total. The highest BCUT2D eigenvalue weighted by atomic mass is 32.1. The molecule has 32 heavy (non-hydrogen) atoms. The number of aliphatic hydroxyl groups is 1. The number of halogens is 3. The molecule has 1 amide bonds. The van der Waals surface area contributed by atoms with Gasteiger partial charge in [-0.05, 0) is 36.8 Å². The first-order chi connectivity index (χ1) is 15.2. The van der Waals surface area contributed by atoms with Crippen molar-refractivity contribution in [2.75, 3.05) is 18.5 Å². The lowest BCUT2D eigenvalue weighted by molar-refractivity contribution is -0.274. The molecule has 0 saturated carbocycles. The number of anilines is 2. The lowest BCUT2D eigenvalue weighted by Crippen LogP contribution is -2.24. The Bertz CT molecular complexity index is 1280. The van der Waals surface area contributed by atoms with Crippen molar-refractivity contribution in [3.8, 4) is 5.75 Å². The molecule has 12 heteroatoms. The normalized spacial score (nSPS) is 11.8. The Morgan fingerprint density at radius 2 is 2.00 bits per heavy atom. The van der Waals surface area contributed by atoms with Crippen LogP contribution in [0.1, 0.15) is 16.8 Å². The second kappa shape index (κ2) is 8.63. The Labute approximate surface area is 183 Å². The van der Waals surface area contributed by atoms with Crippen LogP contribution in [-0.2, 0) is 7.05 Å². The number of imidazole rings is 1. The number of amides is 1. The van der Waals surface area contributed by atoms with Gasteiger partial charge in [0.05, 0.1) is 21.3 Å². The van der Waals surface area contributed by atoms with Gasteiger partial charge in [-0.25, -0.2) is 9.97 Å². The summed E-state index contributed by atoms with van der Waals surface area (Å²) < 4.78 is 43.6. The third kappa shape index (κ3) is 4.75. The number of hydrogen-bond donors (Lipinski definition) is 3. The number of fused-ring (bicyclic) bond motifs is 2. The maximum absolute atomic E-state index is 12.4. The van der Waals surface area contributed by atoms with E-state index in [2.05, 4.69) is 25.3 Å². The number of aromatic nitrogens is 3. The van der Waals surface area contributed by atoms with Crippen molar-refractivity contribution < 1.29 is 27.8 Å². The van der Waals surface area contributed by atoms with Crippen LogP contribution in [0.2, 0.25) is 0 Å². The van der Waals surface area contributed by atoms with Gasteiger partial charge in [-0.3, -0.25) is 4.79 Å². The zero-order valence-electron chi connectivity index (χ0n) is 16.7. The molecule has 4 aromatic rings. The Kier molecular flexibility index (Phi) is 5.89. The summed E-state index contributed by atoms with van der Waals surface area (Å²) in [5.41, 5.74) is 2.33. The number of aliphatic hydroxyl groups excluding tert-OH is 1. The minimum absolute atomic E-state index is 0.00296. The van der Waals surface area contributed by atoms with E-state index in [4.69, 9.17) is 5.11 Å². The van der Waals surface area contributed by atoms with Crippen LogP contribution in [0.3, 0.4) is 0 Å². The standard InChI is InChI=1S/C20H18F3N5O3S/c1-28-15-6-3-11(17(30)24-7-2-8-29)9-14(15)25-18(28)27-19-26-13-5-4-12(10-16(13)32-19)31-20(21,22)23/h3-6,9-10,29H,2,7-8H2,1H3,(H,24,30)(H,25,26,27). The number of benzene rings is 2. The molecule has 0 aliphatic rings. The zero-order valence-corrected chi connectivity index (χ0v) is 17.5. The first kappa shape index (κ1) is 21.8. The molecule has 2 heterocycles. The molecule has 2 aromatic heterocycles. The second-order valence-electron chi connectivity index (χ2n) is 6.85. The fourth-order valence-corrected chi connectivity index (χ4v) is 3.98. The van der Waals surface area contributed by atoms with E-state index in [-0.39, 0.29) is 18.3 Å². The average molecular weight is 465 g/mol. The van der Waals surface area contributed by atoms with Crippen LogP contribution < -0.4 is 15.4 Å². The lowest BCUT2D eigenvalue weighted by atomic mass is 10.2. The van der Waals surface area contributed by atoms with Crippen molar-refractivity contribution >= 4 is 49.6 Å². The monoisotopic (exact) mass is 465 g/mol. The molecule has 0 saturated heterocycles. The van der Waals surface area contributed by atoms with E-state index in [0.29, 0.717) is 45.3 Å². The van der Waals surface area contributed by atoms with E-state index in [1.165, 1.54) is 18.2 Å². The summed E-state index contributed by atoms with van der Waals surface area (Å²) in [4.78, 5) is 21.1. The smallest absolute Gasteiger partial charge is 0.406 e. The number of alkyl halides is 3. The largest absolute Gasteiger partial charge is 0.573 e. The number of nitrogens with one attached hydrogen (secondary N) is 2. The van der Waals surface area contributed by atoms with E-state index in [1.807, 2.05) is 0 Å². The van der Waals surface area contributed by atoms with Crippen molar-refractivity contribution in [3.05, 3.63) is 42.0 Å². The van der Waals surface area contributed by atoms with Crippen molar-refractivity contribution in [2.45, 2.75) is 12.8 Å². The fraction of sp³-hybridized carbons (Fsp3) is 0.250.